The van der Waals surface area contributed by atoms with Crippen LogP contribution in [0.3, 0.4) is 0 Å². The minimum absolute atomic E-state index is 0.553. The summed E-state index contributed by atoms with van der Waals surface area (Å²) in [5.41, 5.74) is 5.71. The van der Waals surface area contributed by atoms with Gasteiger partial charge in [0.25, 0.3) is 0 Å². The minimum Gasteiger partial charge on any atom is -0.0698 e. The molecule has 0 heterocycles. The zero-order chi connectivity index (χ0) is 17.3. The van der Waals surface area contributed by atoms with Gasteiger partial charge in [-0.3, -0.25) is 0 Å². The van der Waals surface area contributed by atoms with E-state index in [2.05, 4.69) is 41.5 Å². The highest BCUT2D eigenvalue weighted by atomic mass is 14.7. The highest BCUT2D eigenvalue weighted by Gasteiger charge is 2.69. The lowest BCUT2D eigenvalue weighted by Gasteiger charge is -2.51. The molecule has 136 valence electrons. The predicted octanol–water partition coefficient (Wildman–Crippen LogP) is 7.39. The molecule has 6 bridgehead atoms. The van der Waals surface area contributed by atoms with E-state index in [4.69, 9.17) is 0 Å². The van der Waals surface area contributed by atoms with Crippen molar-refractivity contribution in [2.75, 3.05) is 0 Å². The van der Waals surface area contributed by atoms with Gasteiger partial charge in [0.2, 0.25) is 0 Å². The Morgan fingerprint density at radius 2 is 1.75 bits per heavy atom. The average Bonchev–Trinajstić information content (AvgIpc) is 3.14. The van der Waals surface area contributed by atoms with Gasteiger partial charge >= 0.3 is 0 Å². The van der Waals surface area contributed by atoms with E-state index >= 15 is 0 Å². The third-order valence-electron chi connectivity index (χ3n) is 9.94. The maximum Gasteiger partial charge on any atom is 0.00118 e. The van der Waals surface area contributed by atoms with Crippen LogP contribution in [0, 0.1) is 39.9 Å². The fourth-order valence-electron chi connectivity index (χ4n) is 8.24. The van der Waals surface area contributed by atoms with Crippen LogP contribution in [0.25, 0.3) is 0 Å². The van der Waals surface area contributed by atoms with Gasteiger partial charge in [-0.25, -0.2) is 0 Å². The van der Waals surface area contributed by atoms with Crippen LogP contribution in [-0.4, -0.2) is 0 Å². The molecule has 6 rings (SSSR count). The van der Waals surface area contributed by atoms with Crippen LogP contribution in [0.4, 0.5) is 0 Å². The van der Waals surface area contributed by atoms with Crippen molar-refractivity contribution in [3.63, 3.8) is 0 Å². The maximum absolute atomic E-state index is 2.71. The lowest BCUT2D eigenvalue weighted by atomic mass is 9.53. The van der Waals surface area contributed by atoms with Gasteiger partial charge in [0, 0.05) is 5.41 Å². The molecule has 0 nitrogen and oxygen atoms in total. The van der Waals surface area contributed by atoms with E-state index < -0.39 is 0 Å². The predicted molar refractivity (Wildman–Crippen MR) is 104 cm³/mol. The molecule has 0 saturated heterocycles. The van der Waals surface area contributed by atoms with E-state index in [1.807, 2.05) is 11.1 Å². The summed E-state index contributed by atoms with van der Waals surface area (Å²) in [6, 6.07) is 0. The zero-order valence-corrected chi connectivity index (χ0v) is 17.2. The Bertz CT molecular complexity index is 552. The Hall–Kier alpha value is -0.260. The molecular formula is C24H40. The number of allylic oxidation sites excluding steroid dienone is 2. The van der Waals surface area contributed by atoms with Crippen LogP contribution < -0.4 is 0 Å². The molecule has 6 atom stereocenters. The Labute approximate surface area is 150 Å². The second kappa shape index (κ2) is 5.37. The maximum atomic E-state index is 2.71. The number of rotatable bonds is 3. The SMILES string of the molecule is CCC(CC)C12CCC3(C)CC(C)CC4=C1C2CC3(C)C(C)CC4. The standard InChI is InChI=1S/C24H40/c1-7-19(8-2)24-12-11-22(5)14-16(3)13-18-10-9-17(4)23(22,6)15-20(24)21(18)24/h16-17,19-20H,7-15H2,1-6H3. The fourth-order valence-corrected chi connectivity index (χ4v) is 8.24. The summed E-state index contributed by atoms with van der Waals surface area (Å²) in [5.74, 6) is 3.68. The molecule has 0 aromatic rings. The zero-order valence-electron chi connectivity index (χ0n) is 17.2. The molecule has 0 amide bonds. The molecule has 0 radical (unpaired) electrons. The Morgan fingerprint density at radius 3 is 2.42 bits per heavy atom. The topological polar surface area (TPSA) is 0 Å². The highest BCUT2D eigenvalue weighted by molar-refractivity contribution is 5.46. The van der Waals surface area contributed by atoms with E-state index in [1.165, 1.54) is 57.8 Å². The summed E-state index contributed by atoms with van der Waals surface area (Å²) in [4.78, 5) is 0. The monoisotopic (exact) mass is 328 g/mol. The average molecular weight is 329 g/mol. The summed E-state index contributed by atoms with van der Waals surface area (Å²) in [6.07, 6.45) is 13.0. The van der Waals surface area contributed by atoms with E-state index in [9.17, 15) is 0 Å². The molecule has 6 unspecified atom stereocenters. The molecule has 6 aliphatic rings. The first kappa shape index (κ1) is 17.2. The summed E-state index contributed by atoms with van der Waals surface area (Å²) in [7, 11) is 0. The van der Waals surface area contributed by atoms with Gasteiger partial charge < -0.3 is 0 Å². The third kappa shape index (κ3) is 1.98. The molecular weight excluding hydrogens is 288 g/mol. The van der Waals surface area contributed by atoms with Crippen LogP contribution in [-0.2, 0) is 0 Å². The van der Waals surface area contributed by atoms with Crippen molar-refractivity contribution >= 4 is 0 Å². The van der Waals surface area contributed by atoms with Crippen molar-refractivity contribution in [1.82, 2.24) is 0 Å². The first-order valence-corrected chi connectivity index (χ1v) is 11.0. The molecule has 0 aromatic heterocycles. The van der Waals surface area contributed by atoms with Crippen LogP contribution in [0.1, 0.15) is 99.3 Å². The molecule has 0 heteroatoms. The van der Waals surface area contributed by atoms with Gasteiger partial charge in [-0.1, -0.05) is 65.5 Å². The molecule has 0 aliphatic heterocycles. The molecule has 0 spiro atoms. The molecule has 0 aromatic carbocycles. The van der Waals surface area contributed by atoms with E-state index in [-0.39, 0.29) is 0 Å². The van der Waals surface area contributed by atoms with Gasteiger partial charge in [0.05, 0.1) is 0 Å². The number of fused-ring (bicyclic) bond motifs is 3. The fraction of sp³-hybridized carbons (Fsp3) is 0.917. The Morgan fingerprint density at radius 1 is 1.04 bits per heavy atom. The van der Waals surface area contributed by atoms with Crippen molar-refractivity contribution in [2.24, 2.45) is 39.9 Å². The number of hydrogen-bond donors (Lipinski definition) is 0. The van der Waals surface area contributed by atoms with E-state index in [0.29, 0.717) is 16.2 Å². The van der Waals surface area contributed by atoms with Crippen molar-refractivity contribution in [2.45, 2.75) is 99.3 Å². The van der Waals surface area contributed by atoms with Crippen molar-refractivity contribution in [3.05, 3.63) is 11.1 Å². The van der Waals surface area contributed by atoms with Gasteiger partial charge in [0.15, 0.2) is 0 Å². The normalized spacial score (nSPS) is 50.4. The lowest BCUT2D eigenvalue weighted by Crippen LogP contribution is -2.43. The first-order chi connectivity index (χ1) is 11.3. The molecule has 3 saturated carbocycles. The summed E-state index contributed by atoms with van der Waals surface area (Å²) < 4.78 is 0. The van der Waals surface area contributed by atoms with Gasteiger partial charge in [-0.15, -0.1) is 0 Å². The van der Waals surface area contributed by atoms with Crippen molar-refractivity contribution < 1.29 is 0 Å². The molecule has 0 N–H and O–H groups in total. The van der Waals surface area contributed by atoms with Crippen LogP contribution in [0.15, 0.2) is 11.1 Å². The molecule has 24 heavy (non-hydrogen) atoms. The van der Waals surface area contributed by atoms with Crippen molar-refractivity contribution in [3.8, 4) is 0 Å². The third-order valence-corrected chi connectivity index (χ3v) is 9.94. The number of hydrogen-bond acceptors (Lipinski definition) is 0. The van der Waals surface area contributed by atoms with Crippen LogP contribution >= 0.6 is 0 Å². The van der Waals surface area contributed by atoms with Crippen LogP contribution in [0.5, 0.6) is 0 Å². The largest absolute Gasteiger partial charge is 0.0698 e. The van der Waals surface area contributed by atoms with Crippen LogP contribution in [0.2, 0.25) is 0 Å². The van der Waals surface area contributed by atoms with Gasteiger partial charge in [-0.05, 0) is 79.4 Å². The lowest BCUT2D eigenvalue weighted by molar-refractivity contribution is -0.0180. The van der Waals surface area contributed by atoms with E-state index in [0.717, 1.165) is 23.7 Å². The van der Waals surface area contributed by atoms with Crippen molar-refractivity contribution in [1.29, 1.82) is 0 Å². The second-order valence-corrected chi connectivity index (χ2v) is 10.8. The van der Waals surface area contributed by atoms with E-state index in [1.54, 1.807) is 0 Å². The summed E-state index contributed by atoms with van der Waals surface area (Å²) in [6.45, 7) is 15.5. The summed E-state index contributed by atoms with van der Waals surface area (Å²) >= 11 is 0. The highest BCUT2D eigenvalue weighted by Crippen LogP contribution is 2.78. The minimum atomic E-state index is 0.553. The first-order valence-electron chi connectivity index (χ1n) is 11.0. The molecule has 3 fully saturated rings. The molecule has 6 aliphatic carbocycles. The Balaban J connectivity index is 1.92. The Kier molecular flexibility index (Phi) is 3.84. The quantitative estimate of drug-likeness (QED) is 0.474. The van der Waals surface area contributed by atoms with Gasteiger partial charge in [-0.2, -0.15) is 0 Å². The smallest absolute Gasteiger partial charge is 0.00118 e. The van der Waals surface area contributed by atoms with Gasteiger partial charge in [0.1, 0.15) is 0 Å². The summed E-state index contributed by atoms with van der Waals surface area (Å²) in [5, 5.41) is 0. The second-order valence-electron chi connectivity index (χ2n) is 10.8.